The van der Waals surface area contributed by atoms with Gasteiger partial charge in [-0.05, 0) is 105 Å². The van der Waals surface area contributed by atoms with Crippen LogP contribution in [0.1, 0.15) is 56.9 Å². The van der Waals surface area contributed by atoms with Crippen LogP contribution in [-0.4, -0.2) is 0 Å². The van der Waals surface area contributed by atoms with E-state index in [1.807, 2.05) is 0 Å². The summed E-state index contributed by atoms with van der Waals surface area (Å²) in [5, 5.41) is -0.0629. The zero-order chi connectivity index (χ0) is 20.5. The van der Waals surface area contributed by atoms with Crippen LogP contribution in [-0.2, 0) is 0 Å². The van der Waals surface area contributed by atoms with Crippen LogP contribution in [0.5, 0.6) is 0 Å². The molecular formula is C25H26ClF3. The first-order valence-electron chi connectivity index (χ1n) is 10.5. The summed E-state index contributed by atoms with van der Waals surface area (Å²) < 4.78 is 43.5. The maximum atomic E-state index is 14.8. The molecule has 4 unspecified atom stereocenters. The van der Waals surface area contributed by atoms with Crippen LogP contribution in [0.15, 0.2) is 42.5 Å². The number of halogens is 4. The van der Waals surface area contributed by atoms with Crippen molar-refractivity contribution in [1.82, 2.24) is 0 Å². The number of rotatable bonds is 3. The van der Waals surface area contributed by atoms with Gasteiger partial charge < -0.3 is 0 Å². The molecule has 154 valence electrons. The minimum atomic E-state index is -0.682. The molecule has 0 heterocycles. The molecule has 0 N–H and O–H groups in total. The quantitative estimate of drug-likeness (QED) is 0.439. The number of hydrogen-bond acceptors (Lipinski definition) is 0. The minimum Gasteiger partial charge on any atom is -0.206 e. The zero-order valence-electron chi connectivity index (χ0n) is 16.6. The molecule has 0 saturated heterocycles. The lowest BCUT2D eigenvalue weighted by molar-refractivity contribution is 0.133. The van der Waals surface area contributed by atoms with Gasteiger partial charge in [-0.3, -0.25) is 0 Å². The molecule has 2 saturated carbocycles. The highest BCUT2D eigenvalue weighted by molar-refractivity contribution is 6.30. The summed E-state index contributed by atoms with van der Waals surface area (Å²) in [6.45, 7) is 2.08. The highest BCUT2D eigenvalue weighted by atomic mass is 35.5. The SMILES string of the molecule is C/C=C/C1CCC2CC(c3cc(F)c(-c4ccc(Cl)c(F)c4)c(F)c3)CCC2C1. The number of allylic oxidation sites excluding steroid dienone is 2. The van der Waals surface area contributed by atoms with Gasteiger partial charge in [-0.1, -0.05) is 29.8 Å². The van der Waals surface area contributed by atoms with Gasteiger partial charge in [0.05, 0.1) is 10.6 Å². The predicted molar refractivity (Wildman–Crippen MR) is 112 cm³/mol. The third kappa shape index (κ3) is 4.26. The molecule has 0 nitrogen and oxygen atoms in total. The van der Waals surface area contributed by atoms with Gasteiger partial charge in [0.1, 0.15) is 17.5 Å². The first-order chi connectivity index (χ1) is 14.0. The standard InChI is InChI=1S/C25H26ClF3/c1-2-3-15-4-5-17-11-18(7-6-16(17)10-15)20-13-23(28)25(24(29)14-20)19-8-9-21(26)22(27)12-19/h2-3,8-9,12-18H,4-7,10-11H2,1H3/b3-2+. The molecule has 4 atom stereocenters. The lowest BCUT2D eigenvalue weighted by Crippen LogP contribution is -2.30. The second-order valence-corrected chi connectivity index (χ2v) is 9.02. The van der Waals surface area contributed by atoms with Crippen LogP contribution in [0.4, 0.5) is 13.2 Å². The van der Waals surface area contributed by atoms with Gasteiger partial charge in [0.15, 0.2) is 0 Å². The molecule has 2 fully saturated rings. The van der Waals surface area contributed by atoms with Gasteiger partial charge in [0, 0.05) is 0 Å². The lowest BCUT2D eigenvalue weighted by atomic mass is 9.64. The van der Waals surface area contributed by atoms with Crippen LogP contribution in [0.2, 0.25) is 5.02 Å². The molecule has 29 heavy (non-hydrogen) atoms. The molecule has 2 aliphatic rings. The van der Waals surface area contributed by atoms with Crippen molar-refractivity contribution >= 4 is 11.6 Å². The molecular weight excluding hydrogens is 393 g/mol. The molecule has 4 heteroatoms. The summed E-state index contributed by atoms with van der Waals surface area (Å²) in [4.78, 5) is 0. The monoisotopic (exact) mass is 418 g/mol. The molecule has 0 amide bonds. The third-order valence-corrected chi connectivity index (χ3v) is 7.17. The zero-order valence-corrected chi connectivity index (χ0v) is 17.4. The van der Waals surface area contributed by atoms with E-state index in [9.17, 15) is 13.2 Å². The summed E-state index contributed by atoms with van der Waals surface area (Å²) >= 11 is 5.69. The van der Waals surface area contributed by atoms with Crippen LogP contribution < -0.4 is 0 Å². The van der Waals surface area contributed by atoms with Crippen LogP contribution in [0.25, 0.3) is 11.1 Å². The molecule has 0 aromatic heterocycles. The van der Waals surface area contributed by atoms with E-state index in [0.29, 0.717) is 11.8 Å². The molecule has 2 aromatic rings. The molecule has 2 aliphatic carbocycles. The van der Waals surface area contributed by atoms with Crippen molar-refractivity contribution < 1.29 is 13.2 Å². The summed E-state index contributed by atoms with van der Waals surface area (Å²) in [6.07, 6.45) is 11.2. The normalized spacial score (nSPS) is 27.2. The van der Waals surface area contributed by atoms with E-state index in [4.69, 9.17) is 11.6 Å². The van der Waals surface area contributed by atoms with Crippen molar-refractivity contribution in [1.29, 1.82) is 0 Å². The fourth-order valence-electron chi connectivity index (χ4n) is 5.43. The van der Waals surface area contributed by atoms with Gasteiger partial charge in [-0.25, -0.2) is 13.2 Å². The van der Waals surface area contributed by atoms with Crippen molar-refractivity contribution in [3.05, 3.63) is 70.5 Å². The van der Waals surface area contributed by atoms with E-state index in [-0.39, 0.29) is 22.1 Å². The maximum absolute atomic E-state index is 14.8. The van der Waals surface area contributed by atoms with Crippen LogP contribution >= 0.6 is 11.6 Å². The second-order valence-electron chi connectivity index (χ2n) is 8.62. The van der Waals surface area contributed by atoms with Crippen molar-refractivity contribution in [3.63, 3.8) is 0 Å². The number of hydrogen-bond donors (Lipinski definition) is 0. The Balaban J connectivity index is 1.54. The lowest BCUT2D eigenvalue weighted by Gasteiger charge is -2.42. The average molecular weight is 419 g/mol. The Morgan fingerprint density at radius 1 is 0.862 bits per heavy atom. The Morgan fingerprint density at radius 2 is 1.55 bits per heavy atom. The Labute approximate surface area is 175 Å². The van der Waals surface area contributed by atoms with Crippen LogP contribution in [0.3, 0.4) is 0 Å². The number of fused-ring (bicyclic) bond motifs is 1. The van der Waals surface area contributed by atoms with Crippen molar-refractivity contribution in [2.45, 2.75) is 51.4 Å². The largest absolute Gasteiger partial charge is 0.206 e. The fraction of sp³-hybridized carbons (Fsp3) is 0.440. The van der Waals surface area contributed by atoms with Gasteiger partial charge in [0.2, 0.25) is 0 Å². The molecule has 0 bridgehead atoms. The topological polar surface area (TPSA) is 0 Å². The van der Waals surface area contributed by atoms with Gasteiger partial charge >= 0.3 is 0 Å². The maximum Gasteiger partial charge on any atom is 0.142 e. The van der Waals surface area contributed by atoms with Gasteiger partial charge in [0.25, 0.3) is 0 Å². The van der Waals surface area contributed by atoms with Crippen molar-refractivity contribution in [3.8, 4) is 11.1 Å². The fourth-order valence-corrected chi connectivity index (χ4v) is 5.55. The van der Waals surface area contributed by atoms with E-state index in [1.54, 1.807) is 0 Å². The Hall–Kier alpha value is -1.74. The minimum absolute atomic E-state index is 0.0629. The Kier molecular flexibility index (Phi) is 6.06. The molecule has 0 radical (unpaired) electrons. The van der Waals surface area contributed by atoms with E-state index in [1.165, 1.54) is 43.5 Å². The Morgan fingerprint density at radius 3 is 2.24 bits per heavy atom. The first kappa shape index (κ1) is 20.5. The predicted octanol–water partition coefficient (Wildman–Crippen LogP) is 8.30. The van der Waals surface area contributed by atoms with E-state index < -0.39 is 17.5 Å². The second kappa shape index (κ2) is 8.55. The smallest absolute Gasteiger partial charge is 0.142 e. The van der Waals surface area contributed by atoms with Crippen molar-refractivity contribution in [2.24, 2.45) is 17.8 Å². The Bertz CT molecular complexity index is 897. The van der Waals surface area contributed by atoms with Gasteiger partial charge in [-0.15, -0.1) is 0 Å². The van der Waals surface area contributed by atoms with E-state index >= 15 is 0 Å². The summed E-state index contributed by atoms with van der Waals surface area (Å²) in [5.74, 6) is 0.292. The molecule has 4 rings (SSSR count). The van der Waals surface area contributed by atoms with Gasteiger partial charge in [-0.2, -0.15) is 0 Å². The van der Waals surface area contributed by atoms with Crippen LogP contribution in [0, 0.1) is 35.2 Å². The summed E-state index contributed by atoms with van der Waals surface area (Å²) in [6, 6.07) is 6.74. The van der Waals surface area contributed by atoms with E-state index in [0.717, 1.165) is 36.8 Å². The number of benzene rings is 2. The van der Waals surface area contributed by atoms with Crippen molar-refractivity contribution in [2.75, 3.05) is 0 Å². The average Bonchev–Trinajstić information content (AvgIpc) is 2.70. The molecule has 0 aliphatic heterocycles. The summed E-state index contributed by atoms with van der Waals surface area (Å²) in [5.41, 5.74) is 0.705. The van der Waals surface area contributed by atoms with E-state index in [2.05, 4.69) is 19.1 Å². The third-order valence-electron chi connectivity index (χ3n) is 6.86. The molecule has 0 spiro atoms. The highest BCUT2D eigenvalue weighted by Gasteiger charge is 2.35. The first-order valence-corrected chi connectivity index (χ1v) is 10.9. The summed E-state index contributed by atoms with van der Waals surface area (Å²) in [7, 11) is 0. The molecule has 2 aromatic carbocycles. The highest BCUT2D eigenvalue weighted by Crippen LogP contribution is 2.48.